The summed E-state index contributed by atoms with van der Waals surface area (Å²) >= 11 is -1.77. The number of hydrogen-bond donors (Lipinski definition) is 0. The molecule has 0 nitrogen and oxygen atoms in total. The van der Waals surface area contributed by atoms with Crippen molar-refractivity contribution in [3.8, 4) is 0 Å². The summed E-state index contributed by atoms with van der Waals surface area (Å²) in [6.45, 7) is 0. The van der Waals surface area contributed by atoms with Crippen molar-refractivity contribution in [1.29, 1.82) is 0 Å². The SMILES string of the molecule is C(=[CH][Sb]([CH]=Cc1ccccc1)[CH]=Cc1ccccc1)c1ccccc1. The molecule has 0 aromatic heterocycles. The van der Waals surface area contributed by atoms with Crippen LogP contribution in [0.5, 0.6) is 0 Å². The van der Waals surface area contributed by atoms with E-state index in [1.54, 1.807) is 0 Å². The molecule has 0 saturated heterocycles. The van der Waals surface area contributed by atoms with Gasteiger partial charge >= 0.3 is 158 Å². The zero-order valence-corrected chi connectivity index (χ0v) is 16.6. The Hall–Kier alpha value is -2.30. The van der Waals surface area contributed by atoms with Crippen LogP contribution in [-0.4, -0.2) is 20.2 Å². The molecule has 1 heteroatoms. The molecule has 3 aromatic rings. The van der Waals surface area contributed by atoms with Crippen LogP contribution in [-0.2, 0) is 0 Å². The van der Waals surface area contributed by atoms with E-state index in [0.29, 0.717) is 0 Å². The molecule has 0 spiro atoms. The quantitative estimate of drug-likeness (QED) is 0.406. The van der Waals surface area contributed by atoms with Crippen molar-refractivity contribution < 1.29 is 0 Å². The zero-order chi connectivity index (χ0) is 17.2. The van der Waals surface area contributed by atoms with Crippen LogP contribution < -0.4 is 0 Å². The van der Waals surface area contributed by atoms with Gasteiger partial charge in [0.05, 0.1) is 0 Å². The first-order chi connectivity index (χ1) is 12.4. The van der Waals surface area contributed by atoms with Gasteiger partial charge in [-0.3, -0.25) is 0 Å². The number of rotatable bonds is 6. The summed E-state index contributed by atoms with van der Waals surface area (Å²) in [7, 11) is 0. The molecule has 0 unspecified atom stereocenters. The predicted molar refractivity (Wildman–Crippen MR) is 112 cm³/mol. The monoisotopic (exact) mass is 430 g/mol. The molecule has 0 N–H and O–H groups in total. The number of hydrogen-bond acceptors (Lipinski definition) is 0. The molecule has 0 atom stereocenters. The van der Waals surface area contributed by atoms with E-state index >= 15 is 0 Å². The number of benzene rings is 3. The Labute approximate surface area is 157 Å². The van der Waals surface area contributed by atoms with Gasteiger partial charge in [0.15, 0.2) is 0 Å². The van der Waals surface area contributed by atoms with Gasteiger partial charge in [-0.25, -0.2) is 0 Å². The van der Waals surface area contributed by atoms with Gasteiger partial charge in [0, 0.05) is 0 Å². The van der Waals surface area contributed by atoms with E-state index in [4.69, 9.17) is 0 Å². The second-order valence-electron chi connectivity index (χ2n) is 5.63. The Balaban J connectivity index is 1.79. The zero-order valence-electron chi connectivity index (χ0n) is 14.1. The third-order valence-corrected chi connectivity index (χ3v) is 7.94. The molecular weight excluding hydrogens is 410 g/mol. The third-order valence-electron chi connectivity index (χ3n) is 3.72. The summed E-state index contributed by atoms with van der Waals surface area (Å²) in [5.74, 6) is 0. The Morgan fingerprint density at radius 2 is 0.680 bits per heavy atom. The standard InChI is InChI=1S/3C8H7.Sb/c3*1-2-8-6-4-3-5-7-8;/h3*1-7H;. The first-order valence-electron chi connectivity index (χ1n) is 8.37. The average Bonchev–Trinajstić information content (AvgIpc) is 2.70. The van der Waals surface area contributed by atoms with Gasteiger partial charge in [0.2, 0.25) is 0 Å². The van der Waals surface area contributed by atoms with Crippen LogP contribution in [0.4, 0.5) is 0 Å². The van der Waals surface area contributed by atoms with Crippen LogP contribution >= 0.6 is 0 Å². The van der Waals surface area contributed by atoms with Crippen LogP contribution in [0, 0.1) is 0 Å². The van der Waals surface area contributed by atoms with Gasteiger partial charge in [0.1, 0.15) is 0 Å². The summed E-state index contributed by atoms with van der Waals surface area (Å²) in [6.07, 6.45) is 6.77. The van der Waals surface area contributed by atoms with Gasteiger partial charge in [-0.1, -0.05) is 0 Å². The van der Waals surface area contributed by atoms with Gasteiger partial charge in [-0.2, -0.15) is 0 Å². The molecular formula is C24H21Sb. The summed E-state index contributed by atoms with van der Waals surface area (Å²) in [5, 5.41) is 0. The van der Waals surface area contributed by atoms with E-state index in [9.17, 15) is 0 Å². The van der Waals surface area contributed by atoms with Crippen molar-refractivity contribution in [2.75, 3.05) is 0 Å². The van der Waals surface area contributed by atoms with Crippen LogP contribution in [0.1, 0.15) is 16.7 Å². The summed E-state index contributed by atoms with van der Waals surface area (Å²) in [5.41, 5.74) is 3.79. The minimum atomic E-state index is -1.77. The second-order valence-corrected chi connectivity index (χ2v) is 10.7. The van der Waals surface area contributed by atoms with Crippen LogP contribution in [0.3, 0.4) is 0 Å². The summed E-state index contributed by atoms with van der Waals surface area (Å²) < 4.78 is 7.24. The molecule has 0 aliphatic rings. The van der Waals surface area contributed by atoms with Crippen molar-refractivity contribution in [3.05, 3.63) is 120 Å². The first-order valence-corrected chi connectivity index (χ1v) is 12.8. The van der Waals surface area contributed by atoms with Crippen molar-refractivity contribution in [2.45, 2.75) is 0 Å². The Kier molecular flexibility index (Phi) is 6.91. The van der Waals surface area contributed by atoms with Crippen molar-refractivity contribution in [3.63, 3.8) is 0 Å². The Morgan fingerprint density at radius 3 is 0.960 bits per heavy atom. The van der Waals surface area contributed by atoms with Gasteiger partial charge in [0.25, 0.3) is 0 Å². The average molecular weight is 431 g/mol. The fourth-order valence-electron chi connectivity index (χ4n) is 2.36. The normalized spacial score (nSPS) is 11.9. The van der Waals surface area contributed by atoms with Crippen LogP contribution in [0.25, 0.3) is 18.2 Å². The molecule has 0 saturated carbocycles. The Bertz CT molecular complexity index is 713. The molecule has 3 aromatic carbocycles. The van der Waals surface area contributed by atoms with Gasteiger partial charge in [-0.15, -0.1) is 0 Å². The van der Waals surface area contributed by atoms with Crippen molar-refractivity contribution in [1.82, 2.24) is 0 Å². The molecule has 3 rings (SSSR count). The second kappa shape index (κ2) is 9.86. The minimum absolute atomic E-state index is 1.26. The van der Waals surface area contributed by atoms with E-state index in [1.807, 2.05) is 0 Å². The van der Waals surface area contributed by atoms with E-state index < -0.39 is 20.2 Å². The summed E-state index contributed by atoms with van der Waals surface area (Å²) in [6, 6.07) is 31.6. The van der Waals surface area contributed by atoms with Gasteiger partial charge in [-0.05, 0) is 0 Å². The van der Waals surface area contributed by atoms with Crippen molar-refractivity contribution >= 4 is 38.4 Å². The Morgan fingerprint density at radius 1 is 0.400 bits per heavy atom. The fraction of sp³-hybridized carbons (Fsp3) is 0. The predicted octanol–water partition coefficient (Wildman–Crippen LogP) is 6.24. The van der Waals surface area contributed by atoms with Gasteiger partial charge < -0.3 is 0 Å². The molecule has 0 aliphatic heterocycles. The topological polar surface area (TPSA) is 0 Å². The molecule has 0 amide bonds. The van der Waals surface area contributed by atoms with Crippen LogP contribution in [0.15, 0.2) is 103 Å². The van der Waals surface area contributed by atoms with E-state index in [1.165, 1.54) is 16.7 Å². The van der Waals surface area contributed by atoms with E-state index in [0.717, 1.165) is 0 Å². The fourth-order valence-corrected chi connectivity index (χ4v) is 6.16. The maximum absolute atomic E-state index is 2.41. The molecule has 0 fully saturated rings. The third kappa shape index (κ3) is 6.25. The van der Waals surface area contributed by atoms with Crippen LogP contribution in [0.2, 0.25) is 0 Å². The molecule has 0 radical (unpaired) electrons. The van der Waals surface area contributed by atoms with Crippen molar-refractivity contribution in [2.24, 2.45) is 0 Å². The molecule has 122 valence electrons. The van der Waals surface area contributed by atoms with E-state index in [2.05, 4.69) is 121 Å². The molecule has 25 heavy (non-hydrogen) atoms. The molecule has 0 bridgehead atoms. The molecule has 0 heterocycles. The maximum atomic E-state index is 2.41. The summed E-state index contributed by atoms with van der Waals surface area (Å²) in [4.78, 5) is 0. The molecule has 0 aliphatic carbocycles. The van der Waals surface area contributed by atoms with E-state index in [-0.39, 0.29) is 0 Å². The first kappa shape index (κ1) is 17.5.